The van der Waals surface area contributed by atoms with Crippen LogP contribution in [0.2, 0.25) is 0 Å². The predicted octanol–water partition coefficient (Wildman–Crippen LogP) is 4.56. The topological polar surface area (TPSA) is 58.2 Å². The zero-order chi connectivity index (χ0) is 19.1. The SMILES string of the molecule is C=CC1=C(C=C)Nc2cc3c(cc2C1)Nc1ccccc1C3.C=O.C=O. The lowest BCUT2D eigenvalue weighted by molar-refractivity contribution is -0.0987. The lowest BCUT2D eigenvalue weighted by atomic mass is 9.91. The summed E-state index contributed by atoms with van der Waals surface area (Å²) in [5, 5.41) is 7.04. The molecule has 2 heterocycles. The summed E-state index contributed by atoms with van der Waals surface area (Å²) in [7, 11) is 0. The highest BCUT2D eigenvalue weighted by atomic mass is 16.1. The van der Waals surface area contributed by atoms with E-state index in [0.29, 0.717) is 0 Å². The van der Waals surface area contributed by atoms with Crippen LogP contribution in [0.1, 0.15) is 16.7 Å². The maximum absolute atomic E-state index is 8.00. The number of hydrogen-bond donors (Lipinski definition) is 2. The first-order valence-corrected chi connectivity index (χ1v) is 8.12. The molecule has 2 aliphatic heterocycles. The highest BCUT2D eigenvalue weighted by molar-refractivity contribution is 5.77. The first-order valence-electron chi connectivity index (χ1n) is 8.12. The molecule has 0 radical (unpaired) electrons. The third kappa shape index (κ3) is 3.49. The predicted molar refractivity (Wildman–Crippen MR) is 108 cm³/mol. The van der Waals surface area contributed by atoms with Crippen molar-refractivity contribution in [2.45, 2.75) is 12.8 Å². The van der Waals surface area contributed by atoms with Crippen LogP contribution in [0.4, 0.5) is 17.1 Å². The molecule has 0 unspecified atom stereocenters. The molecule has 0 fully saturated rings. The van der Waals surface area contributed by atoms with Gasteiger partial charge in [0.05, 0.1) is 0 Å². The van der Waals surface area contributed by atoms with Crippen LogP contribution >= 0.6 is 0 Å². The van der Waals surface area contributed by atoms with E-state index in [1.807, 2.05) is 25.7 Å². The van der Waals surface area contributed by atoms with Gasteiger partial charge in [-0.2, -0.15) is 0 Å². The van der Waals surface area contributed by atoms with Crippen LogP contribution in [0, 0.1) is 0 Å². The van der Waals surface area contributed by atoms with Crippen LogP contribution in [0.3, 0.4) is 0 Å². The minimum atomic E-state index is 0.893. The number of carbonyl (C=O) groups excluding carboxylic acids is 2. The molecule has 132 valence electrons. The molecule has 2 aromatic rings. The van der Waals surface area contributed by atoms with E-state index in [4.69, 9.17) is 9.59 Å². The average Bonchev–Trinajstić information content (AvgIpc) is 2.72. The highest BCUT2D eigenvalue weighted by Gasteiger charge is 2.20. The lowest BCUT2D eigenvalue weighted by Crippen LogP contribution is -2.14. The zero-order valence-corrected chi connectivity index (χ0v) is 14.7. The molecule has 0 amide bonds. The van der Waals surface area contributed by atoms with Gasteiger partial charge in [0, 0.05) is 35.6 Å². The van der Waals surface area contributed by atoms with Crippen molar-refractivity contribution in [3.63, 3.8) is 0 Å². The second-order valence-electron chi connectivity index (χ2n) is 5.77. The number of allylic oxidation sites excluding steroid dienone is 3. The summed E-state index contributed by atoms with van der Waals surface area (Å²) in [4.78, 5) is 16.0. The van der Waals surface area contributed by atoms with Crippen LogP contribution in [0.25, 0.3) is 0 Å². The normalized spacial score (nSPS) is 12.9. The molecule has 4 heteroatoms. The Bertz CT molecular complexity index is 798. The maximum Gasteiger partial charge on any atom is 0.106 e. The van der Waals surface area contributed by atoms with Crippen molar-refractivity contribution >= 4 is 30.6 Å². The van der Waals surface area contributed by atoms with Crippen molar-refractivity contribution in [3.05, 3.63) is 89.7 Å². The third-order valence-electron chi connectivity index (χ3n) is 4.44. The summed E-state index contributed by atoms with van der Waals surface area (Å²) in [5.41, 5.74) is 9.83. The summed E-state index contributed by atoms with van der Waals surface area (Å²) < 4.78 is 0. The maximum atomic E-state index is 8.00. The molecule has 26 heavy (non-hydrogen) atoms. The molecule has 0 aromatic heterocycles. The molecular formula is C22H22N2O2. The Kier molecular flexibility index (Phi) is 6.28. The summed E-state index contributed by atoms with van der Waals surface area (Å²) >= 11 is 0. The number of carbonyl (C=O) groups is 2. The molecule has 0 spiro atoms. The Morgan fingerprint density at radius 1 is 0.731 bits per heavy atom. The van der Waals surface area contributed by atoms with Crippen molar-refractivity contribution in [1.29, 1.82) is 0 Å². The molecule has 2 aliphatic rings. The van der Waals surface area contributed by atoms with Crippen LogP contribution < -0.4 is 10.6 Å². The van der Waals surface area contributed by atoms with Crippen LogP contribution in [-0.4, -0.2) is 13.6 Å². The molecule has 0 saturated heterocycles. The van der Waals surface area contributed by atoms with Gasteiger partial charge in [-0.25, -0.2) is 0 Å². The third-order valence-corrected chi connectivity index (χ3v) is 4.44. The Hall–Kier alpha value is -3.40. The van der Waals surface area contributed by atoms with Gasteiger partial charge in [0.15, 0.2) is 0 Å². The van der Waals surface area contributed by atoms with Gasteiger partial charge >= 0.3 is 0 Å². The number of benzene rings is 2. The molecular weight excluding hydrogens is 324 g/mol. The number of hydrogen-bond acceptors (Lipinski definition) is 4. The van der Waals surface area contributed by atoms with Crippen LogP contribution in [-0.2, 0) is 22.4 Å². The van der Waals surface area contributed by atoms with Gasteiger partial charge in [0.1, 0.15) is 13.6 Å². The molecule has 0 bridgehead atoms. The fourth-order valence-corrected chi connectivity index (χ4v) is 3.25. The smallest absolute Gasteiger partial charge is 0.106 e. The van der Waals surface area contributed by atoms with Crippen LogP contribution in [0.5, 0.6) is 0 Å². The van der Waals surface area contributed by atoms with E-state index in [2.05, 4.69) is 60.2 Å². The molecule has 4 rings (SSSR count). The van der Waals surface area contributed by atoms with Crippen molar-refractivity contribution in [1.82, 2.24) is 0 Å². The summed E-state index contributed by atoms with van der Waals surface area (Å²) in [5.74, 6) is 0. The monoisotopic (exact) mass is 346 g/mol. The first kappa shape index (κ1) is 18.9. The van der Waals surface area contributed by atoms with E-state index in [-0.39, 0.29) is 0 Å². The molecule has 2 aromatic carbocycles. The van der Waals surface area contributed by atoms with E-state index in [1.165, 1.54) is 39.3 Å². The van der Waals surface area contributed by atoms with Gasteiger partial charge in [0.25, 0.3) is 0 Å². The Morgan fingerprint density at radius 3 is 2.00 bits per heavy atom. The number of nitrogens with one attached hydrogen (secondary N) is 2. The molecule has 0 aliphatic carbocycles. The van der Waals surface area contributed by atoms with E-state index < -0.39 is 0 Å². The fraction of sp³-hybridized carbons (Fsp3) is 0.0909. The lowest BCUT2D eigenvalue weighted by Gasteiger charge is -2.27. The number of fused-ring (bicyclic) bond motifs is 3. The largest absolute Gasteiger partial charge is 0.355 e. The number of para-hydroxylation sites is 1. The van der Waals surface area contributed by atoms with Crippen molar-refractivity contribution in [2.24, 2.45) is 0 Å². The van der Waals surface area contributed by atoms with Gasteiger partial charge in [0.2, 0.25) is 0 Å². The minimum absolute atomic E-state index is 0.893. The van der Waals surface area contributed by atoms with E-state index in [0.717, 1.165) is 18.5 Å². The van der Waals surface area contributed by atoms with Gasteiger partial charge in [-0.15, -0.1) is 0 Å². The van der Waals surface area contributed by atoms with Gasteiger partial charge in [-0.05, 0) is 46.5 Å². The second-order valence-corrected chi connectivity index (χ2v) is 5.77. The van der Waals surface area contributed by atoms with Crippen molar-refractivity contribution in [2.75, 3.05) is 10.6 Å². The van der Waals surface area contributed by atoms with Crippen LogP contribution in [0.15, 0.2) is 73.0 Å². The Morgan fingerprint density at radius 2 is 1.35 bits per heavy atom. The van der Waals surface area contributed by atoms with E-state index >= 15 is 0 Å². The summed E-state index contributed by atoms with van der Waals surface area (Å²) in [6.45, 7) is 11.8. The average molecular weight is 346 g/mol. The Labute approximate surface area is 153 Å². The quantitative estimate of drug-likeness (QED) is 0.714. The van der Waals surface area contributed by atoms with Gasteiger partial charge in [-0.3, -0.25) is 0 Å². The van der Waals surface area contributed by atoms with E-state index in [1.54, 1.807) is 0 Å². The summed E-state index contributed by atoms with van der Waals surface area (Å²) in [6, 6.07) is 13.0. The standard InChI is InChI=1S/C20H18N2.2CH2O/c1-3-13-9-15-11-20-16(12-19(15)21-17(13)4-2)10-14-7-5-6-8-18(14)22-20;2*1-2/h3-8,11-12,21-22H,1-2,9-10H2;2*1H2. The highest BCUT2D eigenvalue weighted by Crippen LogP contribution is 2.38. The Balaban J connectivity index is 0.000000570. The first-order chi connectivity index (χ1) is 12.8. The van der Waals surface area contributed by atoms with Gasteiger partial charge in [-0.1, -0.05) is 37.4 Å². The van der Waals surface area contributed by atoms with Crippen molar-refractivity contribution < 1.29 is 9.59 Å². The molecule has 0 saturated carbocycles. The molecule has 2 N–H and O–H groups in total. The van der Waals surface area contributed by atoms with E-state index in [9.17, 15) is 0 Å². The second kappa shape index (κ2) is 8.62. The van der Waals surface area contributed by atoms with Gasteiger partial charge < -0.3 is 20.2 Å². The number of rotatable bonds is 2. The fourth-order valence-electron chi connectivity index (χ4n) is 3.25. The molecule has 0 atom stereocenters. The minimum Gasteiger partial charge on any atom is -0.355 e. The zero-order valence-electron chi connectivity index (χ0n) is 14.7. The summed E-state index contributed by atoms with van der Waals surface area (Å²) in [6.07, 6.45) is 5.64. The van der Waals surface area contributed by atoms with Crippen molar-refractivity contribution in [3.8, 4) is 0 Å². The number of anilines is 3. The molecule has 4 nitrogen and oxygen atoms in total.